The van der Waals surface area contributed by atoms with Crippen LogP contribution in [-0.4, -0.2) is 34.7 Å². The first-order valence-electron chi connectivity index (χ1n) is 14.3. The van der Waals surface area contributed by atoms with Crippen molar-refractivity contribution in [2.24, 2.45) is 0 Å². The molecule has 0 atom stereocenters. The molecule has 6 rings (SSSR count). The van der Waals surface area contributed by atoms with Gasteiger partial charge < -0.3 is 20.4 Å². The van der Waals surface area contributed by atoms with Crippen molar-refractivity contribution in [3.8, 4) is 0 Å². The van der Waals surface area contributed by atoms with Gasteiger partial charge in [-0.15, -0.1) is 0 Å². The lowest BCUT2D eigenvalue weighted by Gasteiger charge is -2.30. The van der Waals surface area contributed by atoms with Crippen molar-refractivity contribution in [1.82, 2.24) is 15.3 Å². The molecule has 0 bridgehead atoms. The second-order valence-electron chi connectivity index (χ2n) is 11.2. The van der Waals surface area contributed by atoms with Crippen LogP contribution in [0.5, 0.6) is 0 Å². The maximum absolute atomic E-state index is 6.18. The van der Waals surface area contributed by atoms with Crippen LogP contribution in [0.25, 0.3) is 0 Å². The van der Waals surface area contributed by atoms with Crippen molar-refractivity contribution in [2.45, 2.75) is 69.9 Å². The highest BCUT2D eigenvalue weighted by molar-refractivity contribution is 7.80. The Morgan fingerprint density at radius 3 is 2.08 bits per heavy atom. The summed E-state index contributed by atoms with van der Waals surface area (Å²) in [5.41, 5.74) is 4.12. The molecule has 8 heteroatoms. The third-order valence-corrected chi connectivity index (χ3v) is 9.12. The van der Waals surface area contributed by atoms with Gasteiger partial charge in [0.2, 0.25) is 5.95 Å². The number of halogens is 1. The summed E-state index contributed by atoms with van der Waals surface area (Å²) in [6, 6.07) is 19.1. The smallest absolute Gasteiger partial charge is 0.232 e. The van der Waals surface area contributed by atoms with Gasteiger partial charge in [-0.05, 0) is 66.7 Å². The van der Waals surface area contributed by atoms with E-state index in [-0.39, 0.29) is 5.41 Å². The molecule has 0 radical (unpaired) electrons. The lowest BCUT2D eigenvalue weighted by atomic mass is 9.79. The lowest BCUT2D eigenvalue weighted by molar-refractivity contribution is 0.435. The van der Waals surface area contributed by atoms with Crippen molar-refractivity contribution < 1.29 is 0 Å². The van der Waals surface area contributed by atoms with E-state index < -0.39 is 0 Å². The van der Waals surface area contributed by atoms with E-state index in [9.17, 15) is 0 Å². The molecule has 3 aliphatic rings. The minimum absolute atomic E-state index is 0.0670. The van der Waals surface area contributed by atoms with E-state index in [1.54, 1.807) is 0 Å². The van der Waals surface area contributed by atoms with Crippen LogP contribution in [0.4, 0.5) is 17.6 Å². The Bertz CT molecular complexity index is 1270. The monoisotopic (exact) mass is 560 g/mol. The second kappa shape index (κ2) is 11.7. The normalized spacial score (nSPS) is 18.5. The van der Waals surface area contributed by atoms with Crippen LogP contribution in [0, 0.1) is 0 Å². The molecule has 2 aliphatic heterocycles. The van der Waals surface area contributed by atoms with Gasteiger partial charge in [0.15, 0.2) is 5.11 Å². The quantitative estimate of drug-likeness (QED) is 0.320. The van der Waals surface area contributed by atoms with E-state index in [1.807, 2.05) is 12.1 Å². The Morgan fingerprint density at radius 2 is 1.44 bits per heavy atom. The zero-order chi connectivity index (χ0) is 26.7. The van der Waals surface area contributed by atoms with E-state index in [2.05, 4.69) is 62.9 Å². The van der Waals surface area contributed by atoms with Gasteiger partial charge >= 0.3 is 0 Å². The summed E-state index contributed by atoms with van der Waals surface area (Å²) in [4.78, 5) is 14.7. The van der Waals surface area contributed by atoms with Gasteiger partial charge in [0.25, 0.3) is 0 Å². The Kier molecular flexibility index (Phi) is 7.89. The number of fused-ring (bicyclic) bond motifs is 1. The zero-order valence-electron chi connectivity index (χ0n) is 22.5. The molecule has 2 aromatic carbocycles. The summed E-state index contributed by atoms with van der Waals surface area (Å²) in [6.07, 6.45) is 9.71. The van der Waals surface area contributed by atoms with Gasteiger partial charge in [0.05, 0.1) is 0 Å². The number of benzene rings is 2. The van der Waals surface area contributed by atoms with Crippen molar-refractivity contribution in [3.05, 3.63) is 76.3 Å². The van der Waals surface area contributed by atoms with Crippen LogP contribution in [0.1, 0.15) is 68.1 Å². The van der Waals surface area contributed by atoms with Crippen LogP contribution in [-0.2, 0) is 18.5 Å². The predicted molar refractivity (Wildman–Crippen MR) is 165 cm³/mol. The highest BCUT2D eigenvalue weighted by Crippen LogP contribution is 2.41. The maximum Gasteiger partial charge on any atom is 0.232 e. The number of hydrogen-bond acceptors (Lipinski definition) is 5. The van der Waals surface area contributed by atoms with Crippen molar-refractivity contribution >= 4 is 46.5 Å². The topological polar surface area (TPSA) is 56.3 Å². The molecule has 1 saturated heterocycles. The van der Waals surface area contributed by atoms with E-state index in [4.69, 9.17) is 33.8 Å². The lowest BCUT2D eigenvalue weighted by Crippen LogP contribution is -2.41. The van der Waals surface area contributed by atoms with Gasteiger partial charge in [0, 0.05) is 49.2 Å². The zero-order valence-corrected chi connectivity index (χ0v) is 24.0. The highest BCUT2D eigenvalue weighted by atomic mass is 35.5. The molecule has 0 amide bonds. The Morgan fingerprint density at radius 1 is 0.821 bits per heavy atom. The van der Waals surface area contributed by atoms with Crippen LogP contribution in [0.2, 0.25) is 5.02 Å². The van der Waals surface area contributed by atoms with Crippen LogP contribution in [0.3, 0.4) is 0 Å². The molecule has 39 heavy (non-hydrogen) atoms. The molecule has 1 saturated carbocycles. The van der Waals surface area contributed by atoms with Gasteiger partial charge in [-0.1, -0.05) is 73.7 Å². The second-order valence-corrected chi connectivity index (χ2v) is 12.1. The SMILES string of the molecule is S=C(NCC1(c2ccc(Cl)cc2)CCCC1)Nc1nc(N2CCCCCC2)cc(N2Cc3ccccc3C2)n1. The molecule has 1 aromatic heterocycles. The largest absolute Gasteiger partial charge is 0.361 e. The molecule has 0 spiro atoms. The van der Waals surface area contributed by atoms with E-state index >= 15 is 0 Å². The summed E-state index contributed by atoms with van der Waals surface area (Å²) in [6.45, 7) is 4.56. The third kappa shape index (κ3) is 5.99. The number of aromatic nitrogens is 2. The van der Waals surface area contributed by atoms with Crippen LogP contribution in [0.15, 0.2) is 54.6 Å². The highest BCUT2D eigenvalue weighted by Gasteiger charge is 2.35. The third-order valence-electron chi connectivity index (χ3n) is 8.62. The molecule has 3 aromatic rings. The number of anilines is 3. The fourth-order valence-corrected chi connectivity index (χ4v) is 6.70. The first-order chi connectivity index (χ1) is 19.1. The predicted octanol–water partition coefficient (Wildman–Crippen LogP) is 6.83. The van der Waals surface area contributed by atoms with E-state index in [0.29, 0.717) is 11.1 Å². The van der Waals surface area contributed by atoms with Crippen LogP contribution >= 0.6 is 23.8 Å². The van der Waals surface area contributed by atoms with Gasteiger partial charge in [-0.2, -0.15) is 9.97 Å². The summed E-state index contributed by atoms with van der Waals surface area (Å²) < 4.78 is 0. The Labute approximate surface area is 242 Å². The molecule has 0 unspecified atom stereocenters. The molecule has 1 aliphatic carbocycles. The molecule has 2 fully saturated rings. The minimum atomic E-state index is 0.0670. The van der Waals surface area contributed by atoms with Gasteiger partial charge in [-0.3, -0.25) is 0 Å². The molecule has 2 N–H and O–H groups in total. The van der Waals surface area contributed by atoms with E-state index in [1.165, 1.54) is 55.2 Å². The molecular formula is C31H37ClN6S. The molecule has 6 nitrogen and oxygen atoms in total. The average molecular weight is 561 g/mol. The van der Waals surface area contributed by atoms with Gasteiger partial charge in [-0.25, -0.2) is 0 Å². The Balaban J connectivity index is 1.21. The average Bonchev–Trinajstić information content (AvgIpc) is 3.52. The minimum Gasteiger partial charge on any atom is -0.361 e. The first kappa shape index (κ1) is 26.3. The molecular weight excluding hydrogens is 524 g/mol. The first-order valence-corrected chi connectivity index (χ1v) is 15.1. The fraction of sp³-hybridized carbons (Fsp3) is 0.452. The molecule has 204 valence electrons. The number of nitrogens with zero attached hydrogens (tertiary/aromatic N) is 4. The van der Waals surface area contributed by atoms with Crippen LogP contribution < -0.4 is 20.4 Å². The number of rotatable bonds is 6. The van der Waals surface area contributed by atoms with Crippen molar-refractivity contribution in [1.29, 1.82) is 0 Å². The fourth-order valence-electron chi connectivity index (χ4n) is 6.41. The molecule has 3 heterocycles. The number of nitrogens with one attached hydrogen (secondary N) is 2. The van der Waals surface area contributed by atoms with Gasteiger partial charge in [0.1, 0.15) is 11.6 Å². The number of thiocarbonyl (C=S) groups is 1. The maximum atomic E-state index is 6.18. The Hall–Kier alpha value is -2.90. The summed E-state index contributed by atoms with van der Waals surface area (Å²) in [5, 5.41) is 8.21. The number of hydrogen-bond donors (Lipinski definition) is 2. The summed E-state index contributed by atoms with van der Waals surface area (Å²) >= 11 is 12.0. The van der Waals surface area contributed by atoms with Crippen molar-refractivity contribution in [2.75, 3.05) is 34.8 Å². The summed E-state index contributed by atoms with van der Waals surface area (Å²) in [5.74, 6) is 2.49. The summed E-state index contributed by atoms with van der Waals surface area (Å²) in [7, 11) is 0. The van der Waals surface area contributed by atoms with Crippen molar-refractivity contribution in [3.63, 3.8) is 0 Å². The van der Waals surface area contributed by atoms with E-state index in [0.717, 1.165) is 62.2 Å². The standard InChI is InChI=1S/C31H37ClN6S/c32-26-13-11-25(12-14-26)31(15-5-6-16-31)22-33-30(39)36-29-34-27(37-17-7-1-2-8-18-37)19-28(35-29)38-20-23-9-3-4-10-24(23)21-38/h3-4,9-14,19H,1-2,5-8,15-18,20-22H2,(H2,33,34,35,36,39).